The van der Waals surface area contributed by atoms with Crippen LogP contribution in [0.2, 0.25) is 0 Å². The number of amidine groups is 1. The summed E-state index contributed by atoms with van der Waals surface area (Å²) in [6.07, 6.45) is 4.96. The van der Waals surface area contributed by atoms with Crippen molar-refractivity contribution in [2.75, 3.05) is 0 Å². The second kappa shape index (κ2) is 5.88. The second-order valence-corrected chi connectivity index (χ2v) is 7.25. The summed E-state index contributed by atoms with van der Waals surface area (Å²) in [6.45, 7) is 3.83. The van der Waals surface area contributed by atoms with Crippen LogP contribution in [0.5, 0.6) is 0 Å². The Bertz CT molecular complexity index is 766. The smallest absolute Gasteiger partial charge is 0.155 e. The monoisotopic (exact) mass is 334 g/mol. The van der Waals surface area contributed by atoms with E-state index >= 15 is 0 Å². The second-order valence-electron chi connectivity index (χ2n) is 5.80. The van der Waals surface area contributed by atoms with Crippen LogP contribution < -0.4 is 5.73 Å². The van der Waals surface area contributed by atoms with Crippen molar-refractivity contribution in [3.05, 3.63) is 48.1 Å². The zero-order valence-electron chi connectivity index (χ0n) is 12.8. The predicted octanol–water partition coefficient (Wildman–Crippen LogP) is 3.48. The molecule has 1 aromatic carbocycles. The minimum atomic E-state index is -0.822. The third-order valence-electron chi connectivity index (χ3n) is 3.87. The molecule has 1 aliphatic heterocycles. The lowest BCUT2D eigenvalue weighted by atomic mass is 9.85. The molecule has 1 aromatic heterocycles. The van der Waals surface area contributed by atoms with E-state index in [1.54, 1.807) is 0 Å². The standard InChI is InChI=1S/C16H16F2N4S/c1-9-5-16(2,22-15(19)23-9)12-3-11(13(17)4-14(12)18)10-6-20-8-21-7-10/h3-4,6-9H,5H2,1-2H3,(H2,19,22)/t9-,16+/m1/s1. The van der Waals surface area contributed by atoms with Crippen molar-refractivity contribution in [1.29, 1.82) is 0 Å². The van der Waals surface area contributed by atoms with Gasteiger partial charge in [-0.3, -0.25) is 4.99 Å². The first kappa shape index (κ1) is 15.9. The van der Waals surface area contributed by atoms with Gasteiger partial charge in [-0.2, -0.15) is 0 Å². The van der Waals surface area contributed by atoms with Gasteiger partial charge in [-0.05, 0) is 19.4 Å². The molecule has 0 bridgehead atoms. The van der Waals surface area contributed by atoms with Gasteiger partial charge in [0.15, 0.2) is 5.17 Å². The molecule has 0 radical (unpaired) electrons. The van der Waals surface area contributed by atoms with E-state index in [1.165, 1.54) is 36.5 Å². The van der Waals surface area contributed by atoms with Crippen molar-refractivity contribution in [1.82, 2.24) is 9.97 Å². The quantitative estimate of drug-likeness (QED) is 0.913. The molecule has 0 saturated carbocycles. The maximum atomic E-state index is 14.4. The van der Waals surface area contributed by atoms with Crippen LogP contribution in [0.4, 0.5) is 8.78 Å². The normalized spacial score (nSPS) is 24.3. The minimum absolute atomic E-state index is 0.200. The molecule has 0 fully saturated rings. The number of nitrogens with two attached hydrogens (primary N) is 1. The molecule has 0 aliphatic carbocycles. The third-order valence-corrected chi connectivity index (χ3v) is 4.77. The van der Waals surface area contributed by atoms with Crippen molar-refractivity contribution >= 4 is 16.9 Å². The van der Waals surface area contributed by atoms with E-state index in [1.807, 2.05) is 13.8 Å². The molecule has 23 heavy (non-hydrogen) atoms. The number of aliphatic imine (C=N–C) groups is 1. The zero-order valence-corrected chi connectivity index (χ0v) is 13.6. The number of benzene rings is 1. The Kier molecular flexibility index (Phi) is 4.06. The molecule has 4 nitrogen and oxygen atoms in total. The lowest BCUT2D eigenvalue weighted by molar-refractivity contribution is 0.425. The van der Waals surface area contributed by atoms with Crippen LogP contribution in [-0.4, -0.2) is 20.4 Å². The van der Waals surface area contributed by atoms with Gasteiger partial charge in [0.25, 0.3) is 0 Å². The van der Waals surface area contributed by atoms with E-state index in [-0.39, 0.29) is 10.8 Å². The molecule has 0 unspecified atom stereocenters. The fourth-order valence-corrected chi connectivity index (χ4v) is 3.99. The Morgan fingerprint density at radius 2 is 1.91 bits per heavy atom. The van der Waals surface area contributed by atoms with Gasteiger partial charge in [0, 0.05) is 40.4 Å². The van der Waals surface area contributed by atoms with Crippen LogP contribution in [-0.2, 0) is 5.54 Å². The first-order valence-corrected chi connectivity index (χ1v) is 8.04. The maximum Gasteiger partial charge on any atom is 0.155 e. The molecular weight excluding hydrogens is 318 g/mol. The Labute approximate surface area is 137 Å². The predicted molar refractivity (Wildman–Crippen MR) is 88.0 cm³/mol. The van der Waals surface area contributed by atoms with E-state index < -0.39 is 17.2 Å². The van der Waals surface area contributed by atoms with Crippen LogP contribution in [0.1, 0.15) is 25.8 Å². The summed E-state index contributed by atoms with van der Waals surface area (Å²) < 4.78 is 28.6. The lowest BCUT2D eigenvalue weighted by Crippen LogP contribution is -2.33. The van der Waals surface area contributed by atoms with Gasteiger partial charge in [0.1, 0.15) is 18.0 Å². The minimum Gasteiger partial charge on any atom is -0.379 e. The van der Waals surface area contributed by atoms with Gasteiger partial charge < -0.3 is 5.73 Å². The maximum absolute atomic E-state index is 14.4. The highest BCUT2D eigenvalue weighted by Gasteiger charge is 2.36. The van der Waals surface area contributed by atoms with Crippen LogP contribution >= 0.6 is 11.8 Å². The van der Waals surface area contributed by atoms with Crippen molar-refractivity contribution in [2.24, 2.45) is 10.7 Å². The fourth-order valence-electron chi connectivity index (χ4n) is 2.91. The summed E-state index contributed by atoms with van der Waals surface area (Å²) in [5.41, 5.74) is 6.11. The molecule has 1 aliphatic rings. The number of aromatic nitrogens is 2. The average Bonchev–Trinajstić information content (AvgIpc) is 2.46. The van der Waals surface area contributed by atoms with Crippen LogP contribution in [0, 0.1) is 11.6 Å². The highest BCUT2D eigenvalue weighted by Crippen LogP contribution is 2.41. The van der Waals surface area contributed by atoms with Crippen molar-refractivity contribution in [3.8, 4) is 11.1 Å². The van der Waals surface area contributed by atoms with Gasteiger partial charge >= 0.3 is 0 Å². The summed E-state index contributed by atoms with van der Waals surface area (Å²) in [4.78, 5) is 12.2. The average molecular weight is 334 g/mol. The van der Waals surface area contributed by atoms with E-state index in [2.05, 4.69) is 15.0 Å². The third kappa shape index (κ3) is 3.06. The molecule has 2 N–H and O–H groups in total. The van der Waals surface area contributed by atoms with Gasteiger partial charge in [-0.1, -0.05) is 18.7 Å². The molecule has 2 aromatic rings. The van der Waals surface area contributed by atoms with E-state index in [0.29, 0.717) is 22.7 Å². The Hall–Kier alpha value is -2.02. The Morgan fingerprint density at radius 1 is 1.22 bits per heavy atom. The SMILES string of the molecule is C[C@@H]1C[C@@](C)(c2cc(-c3cncnc3)c(F)cc2F)N=C(N)S1. The van der Waals surface area contributed by atoms with Crippen molar-refractivity contribution in [2.45, 2.75) is 31.1 Å². The fraction of sp³-hybridized carbons (Fsp3) is 0.312. The van der Waals surface area contributed by atoms with E-state index in [0.717, 1.165) is 6.07 Å². The van der Waals surface area contributed by atoms with Crippen LogP contribution in [0.25, 0.3) is 11.1 Å². The highest BCUT2D eigenvalue weighted by molar-refractivity contribution is 8.14. The molecule has 120 valence electrons. The number of hydrogen-bond donors (Lipinski definition) is 1. The number of nitrogens with zero attached hydrogens (tertiary/aromatic N) is 3. The number of hydrogen-bond acceptors (Lipinski definition) is 5. The Balaban J connectivity index is 2.15. The largest absolute Gasteiger partial charge is 0.379 e. The van der Waals surface area contributed by atoms with E-state index in [4.69, 9.17) is 5.73 Å². The number of halogens is 2. The van der Waals surface area contributed by atoms with Crippen LogP contribution in [0.15, 0.2) is 35.8 Å². The summed E-state index contributed by atoms with van der Waals surface area (Å²) in [5.74, 6) is -1.28. The highest BCUT2D eigenvalue weighted by atomic mass is 32.2. The summed E-state index contributed by atoms with van der Waals surface area (Å²) in [5, 5.41) is 0.616. The molecule has 0 amide bonds. The lowest BCUT2D eigenvalue weighted by Gasteiger charge is -2.33. The van der Waals surface area contributed by atoms with Gasteiger partial charge in [-0.15, -0.1) is 0 Å². The molecule has 2 atom stereocenters. The summed E-state index contributed by atoms with van der Waals surface area (Å²) >= 11 is 1.46. The molecule has 0 spiro atoms. The van der Waals surface area contributed by atoms with Gasteiger partial charge in [0.2, 0.25) is 0 Å². The number of rotatable bonds is 2. The van der Waals surface area contributed by atoms with Gasteiger partial charge in [0.05, 0.1) is 5.54 Å². The molecule has 7 heteroatoms. The topological polar surface area (TPSA) is 64.2 Å². The summed E-state index contributed by atoms with van der Waals surface area (Å²) in [6, 6.07) is 2.38. The molecule has 0 saturated heterocycles. The first-order valence-electron chi connectivity index (χ1n) is 7.16. The number of thioether (sulfide) groups is 1. The Morgan fingerprint density at radius 3 is 2.57 bits per heavy atom. The zero-order chi connectivity index (χ0) is 16.6. The van der Waals surface area contributed by atoms with E-state index in [9.17, 15) is 8.78 Å². The van der Waals surface area contributed by atoms with Gasteiger partial charge in [-0.25, -0.2) is 18.7 Å². The first-order chi connectivity index (χ1) is 10.9. The van der Waals surface area contributed by atoms with Crippen LogP contribution in [0.3, 0.4) is 0 Å². The van der Waals surface area contributed by atoms with Crippen molar-refractivity contribution < 1.29 is 8.78 Å². The molecule has 2 heterocycles. The molecule has 3 rings (SSSR count). The van der Waals surface area contributed by atoms with Crippen molar-refractivity contribution in [3.63, 3.8) is 0 Å². The summed E-state index contributed by atoms with van der Waals surface area (Å²) in [7, 11) is 0. The molecular formula is C16H16F2N4S.